The SMILES string of the molecule is CCOc1ccc([C@@H](C(=O)NC2CCCC2)N(Cc2ccccc2)C(=O)Cc2cccs2)cc1. The van der Waals surface area contributed by atoms with Crippen LogP contribution in [0.15, 0.2) is 72.1 Å². The van der Waals surface area contributed by atoms with Gasteiger partial charge in [-0.2, -0.15) is 0 Å². The molecule has 6 heteroatoms. The molecular weight excluding hydrogens is 444 g/mol. The molecule has 2 aromatic carbocycles. The predicted molar refractivity (Wildman–Crippen MR) is 136 cm³/mol. The third-order valence-corrected chi connectivity index (χ3v) is 7.07. The minimum atomic E-state index is -0.719. The second-order valence-corrected chi connectivity index (χ2v) is 9.69. The van der Waals surface area contributed by atoms with Gasteiger partial charge in [0.2, 0.25) is 11.8 Å². The zero-order valence-electron chi connectivity index (χ0n) is 19.6. The second-order valence-electron chi connectivity index (χ2n) is 8.66. The number of hydrogen-bond donors (Lipinski definition) is 1. The van der Waals surface area contributed by atoms with E-state index in [4.69, 9.17) is 4.74 Å². The van der Waals surface area contributed by atoms with E-state index in [0.29, 0.717) is 13.2 Å². The van der Waals surface area contributed by atoms with Crippen molar-refractivity contribution in [2.75, 3.05) is 6.61 Å². The molecule has 1 aliphatic rings. The largest absolute Gasteiger partial charge is 0.494 e. The first-order valence-corrected chi connectivity index (χ1v) is 12.9. The summed E-state index contributed by atoms with van der Waals surface area (Å²) in [7, 11) is 0. The maximum Gasteiger partial charge on any atom is 0.247 e. The van der Waals surface area contributed by atoms with Crippen LogP contribution in [0.1, 0.15) is 54.7 Å². The Morgan fingerprint density at radius 3 is 2.41 bits per heavy atom. The Labute approximate surface area is 205 Å². The lowest BCUT2D eigenvalue weighted by Gasteiger charge is -2.32. The summed E-state index contributed by atoms with van der Waals surface area (Å²) in [6.07, 6.45) is 4.51. The molecule has 3 aromatic rings. The van der Waals surface area contributed by atoms with Gasteiger partial charge in [-0.05, 0) is 54.5 Å². The van der Waals surface area contributed by atoms with Crippen molar-refractivity contribution in [1.29, 1.82) is 0 Å². The number of carbonyl (C=O) groups is 2. The zero-order chi connectivity index (χ0) is 23.8. The molecule has 1 aliphatic carbocycles. The Morgan fingerprint density at radius 2 is 1.76 bits per heavy atom. The number of nitrogens with one attached hydrogen (secondary N) is 1. The van der Waals surface area contributed by atoms with E-state index in [-0.39, 0.29) is 24.3 Å². The van der Waals surface area contributed by atoms with Gasteiger partial charge in [-0.3, -0.25) is 9.59 Å². The van der Waals surface area contributed by atoms with Crippen LogP contribution in [-0.2, 0) is 22.6 Å². The van der Waals surface area contributed by atoms with Crippen molar-refractivity contribution < 1.29 is 14.3 Å². The van der Waals surface area contributed by atoms with Crippen molar-refractivity contribution in [3.05, 3.63) is 88.1 Å². The molecule has 1 fully saturated rings. The first-order chi connectivity index (χ1) is 16.6. The van der Waals surface area contributed by atoms with Gasteiger partial charge in [0.05, 0.1) is 13.0 Å². The normalized spacial score (nSPS) is 14.5. The summed E-state index contributed by atoms with van der Waals surface area (Å²) in [6.45, 7) is 2.88. The van der Waals surface area contributed by atoms with Crippen molar-refractivity contribution in [3.8, 4) is 5.75 Å². The summed E-state index contributed by atoms with van der Waals surface area (Å²) in [4.78, 5) is 30.1. The van der Waals surface area contributed by atoms with Gasteiger partial charge in [0.25, 0.3) is 0 Å². The minimum Gasteiger partial charge on any atom is -0.494 e. The fraction of sp³-hybridized carbons (Fsp3) is 0.357. The molecule has 5 nitrogen and oxygen atoms in total. The van der Waals surface area contributed by atoms with Gasteiger partial charge in [-0.15, -0.1) is 11.3 Å². The minimum absolute atomic E-state index is 0.0632. The van der Waals surface area contributed by atoms with E-state index in [1.54, 1.807) is 16.2 Å². The topological polar surface area (TPSA) is 58.6 Å². The van der Waals surface area contributed by atoms with E-state index >= 15 is 0 Å². The lowest BCUT2D eigenvalue weighted by Crippen LogP contribution is -2.46. The summed E-state index contributed by atoms with van der Waals surface area (Å²) < 4.78 is 5.60. The first kappa shape index (κ1) is 24.0. The molecule has 1 saturated carbocycles. The van der Waals surface area contributed by atoms with Crippen molar-refractivity contribution in [2.45, 2.75) is 57.7 Å². The summed E-state index contributed by atoms with van der Waals surface area (Å²) in [5, 5.41) is 5.21. The number of rotatable bonds is 10. The van der Waals surface area contributed by atoms with Crippen LogP contribution < -0.4 is 10.1 Å². The van der Waals surface area contributed by atoms with Crippen LogP contribution in [0.2, 0.25) is 0 Å². The van der Waals surface area contributed by atoms with Gasteiger partial charge < -0.3 is 15.0 Å². The fourth-order valence-electron chi connectivity index (χ4n) is 4.50. The van der Waals surface area contributed by atoms with E-state index in [1.807, 2.05) is 79.0 Å². The summed E-state index contributed by atoms with van der Waals surface area (Å²) in [6, 6.07) is 20.8. The van der Waals surface area contributed by atoms with Crippen LogP contribution in [0, 0.1) is 0 Å². The molecule has 1 atom stereocenters. The number of amides is 2. The van der Waals surface area contributed by atoms with Gasteiger partial charge in [0.1, 0.15) is 11.8 Å². The molecule has 0 spiro atoms. The number of benzene rings is 2. The lowest BCUT2D eigenvalue weighted by atomic mass is 10.0. The van der Waals surface area contributed by atoms with E-state index in [0.717, 1.165) is 47.4 Å². The first-order valence-electron chi connectivity index (χ1n) is 12.0. The third-order valence-electron chi connectivity index (χ3n) is 6.19. The molecule has 1 aromatic heterocycles. The van der Waals surface area contributed by atoms with Crippen molar-refractivity contribution >= 4 is 23.2 Å². The highest BCUT2D eigenvalue weighted by atomic mass is 32.1. The quantitative estimate of drug-likeness (QED) is 0.419. The molecule has 0 radical (unpaired) electrons. The Morgan fingerprint density at radius 1 is 1.03 bits per heavy atom. The Kier molecular flexibility index (Phi) is 8.36. The van der Waals surface area contributed by atoms with E-state index in [1.165, 1.54) is 0 Å². The Bertz CT molecular complexity index is 1050. The fourth-order valence-corrected chi connectivity index (χ4v) is 5.20. The van der Waals surface area contributed by atoms with Crippen LogP contribution in [0.5, 0.6) is 5.75 Å². The molecule has 34 heavy (non-hydrogen) atoms. The molecular formula is C28H32N2O3S. The predicted octanol–water partition coefficient (Wildman–Crippen LogP) is 5.52. The molecule has 178 valence electrons. The molecule has 0 unspecified atom stereocenters. The van der Waals surface area contributed by atoms with Crippen molar-refractivity contribution in [3.63, 3.8) is 0 Å². The Hall–Kier alpha value is -3.12. The third kappa shape index (κ3) is 6.26. The van der Waals surface area contributed by atoms with Crippen LogP contribution in [-0.4, -0.2) is 29.4 Å². The molecule has 0 saturated heterocycles. The van der Waals surface area contributed by atoms with E-state index < -0.39 is 6.04 Å². The van der Waals surface area contributed by atoms with Crippen molar-refractivity contribution in [2.24, 2.45) is 0 Å². The second kappa shape index (κ2) is 11.8. The molecule has 0 aliphatic heterocycles. The summed E-state index contributed by atoms with van der Waals surface area (Å²) in [5.74, 6) is 0.569. The lowest BCUT2D eigenvalue weighted by molar-refractivity contribution is -0.141. The monoisotopic (exact) mass is 476 g/mol. The van der Waals surface area contributed by atoms with Crippen LogP contribution in [0.3, 0.4) is 0 Å². The maximum atomic E-state index is 13.7. The van der Waals surface area contributed by atoms with Crippen LogP contribution >= 0.6 is 11.3 Å². The molecule has 1 N–H and O–H groups in total. The zero-order valence-corrected chi connectivity index (χ0v) is 20.4. The van der Waals surface area contributed by atoms with Gasteiger partial charge in [0.15, 0.2) is 0 Å². The van der Waals surface area contributed by atoms with Crippen LogP contribution in [0.25, 0.3) is 0 Å². The molecule has 2 amide bonds. The van der Waals surface area contributed by atoms with Gasteiger partial charge in [-0.25, -0.2) is 0 Å². The maximum absolute atomic E-state index is 13.7. The Balaban J connectivity index is 1.68. The number of ether oxygens (including phenoxy) is 1. The van der Waals surface area contributed by atoms with Gasteiger partial charge in [-0.1, -0.05) is 61.4 Å². The number of carbonyl (C=O) groups excluding carboxylic acids is 2. The van der Waals surface area contributed by atoms with E-state index in [2.05, 4.69) is 5.32 Å². The summed E-state index contributed by atoms with van der Waals surface area (Å²) >= 11 is 1.56. The van der Waals surface area contributed by atoms with Gasteiger partial charge in [0, 0.05) is 17.5 Å². The highest BCUT2D eigenvalue weighted by molar-refractivity contribution is 7.10. The number of thiophene rings is 1. The summed E-state index contributed by atoms with van der Waals surface area (Å²) in [5.41, 5.74) is 1.78. The van der Waals surface area contributed by atoms with Gasteiger partial charge >= 0.3 is 0 Å². The van der Waals surface area contributed by atoms with E-state index in [9.17, 15) is 9.59 Å². The standard InChI is InChI=1S/C28H32N2O3S/c1-2-33-24-16-14-22(15-17-24)27(28(32)29-23-11-6-7-12-23)30(20-21-9-4-3-5-10-21)26(31)19-25-13-8-18-34-25/h3-5,8-10,13-18,23,27H,2,6-7,11-12,19-20H2,1H3,(H,29,32)/t27-/m0/s1. The molecule has 1 heterocycles. The smallest absolute Gasteiger partial charge is 0.247 e. The molecule has 0 bridgehead atoms. The average molecular weight is 477 g/mol. The number of hydrogen-bond acceptors (Lipinski definition) is 4. The molecule has 4 rings (SSSR count). The highest BCUT2D eigenvalue weighted by Crippen LogP contribution is 2.28. The average Bonchev–Trinajstić information content (AvgIpc) is 3.55. The van der Waals surface area contributed by atoms with Crippen molar-refractivity contribution in [1.82, 2.24) is 10.2 Å². The number of nitrogens with zero attached hydrogens (tertiary/aromatic N) is 1. The highest BCUT2D eigenvalue weighted by Gasteiger charge is 2.33. The van der Waals surface area contributed by atoms with Crippen LogP contribution in [0.4, 0.5) is 0 Å².